The van der Waals surface area contributed by atoms with Crippen molar-refractivity contribution in [1.82, 2.24) is 20.2 Å². The molecule has 0 saturated heterocycles. The smallest absolute Gasteiger partial charge is 0.321 e. The van der Waals surface area contributed by atoms with Crippen LogP contribution in [-0.4, -0.2) is 34.3 Å². The van der Waals surface area contributed by atoms with Crippen molar-refractivity contribution in [2.45, 2.75) is 24.4 Å². The molecule has 0 spiro atoms. The molecule has 0 aliphatic heterocycles. The summed E-state index contributed by atoms with van der Waals surface area (Å²) in [5, 5.41) is 5.69. The number of imide groups is 1. The van der Waals surface area contributed by atoms with Gasteiger partial charge in [-0.1, -0.05) is 30.0 Å². The van der Waals surface area contributed by atoms with Crippen molar-refractivity contribution >= 4 is 45.3 Å². The van der Waals surface area contributed by atoms with E-state index in [4.69, 9.17) is 4.98 Å². The fourth-order valence-corrected chi connectivity index (χ4v) is 5.40. The Morgan fingerprint density at radius 2 is 2.04 bits per heavy atom. The van der Waals surface area contributed by atoms with Crippen LogP contribution in [0.2, 0.25) is 0 Å². The number of hydrogen-bond acceptors (Lipinski definition) is 6. The van der Waals surface area contributed by atoms with Gasteiger partial charge in [0.05, 0.1) is 16.8 Å². The summed E-state index contributed by atoms with van der Waals surface area (Å²) in [7, 11) is 1.44. The standard InChI is InChI=1S/C19H18N4O3S2/c1-20-18(26)21-14(24)10-27-19-22-16-15(12-8-5-9-13(12)28-16)17(25)23(19)11-6-3-2-4-7-11/h2-4,6-7H,5,8-10H2,1H3,(H2,20,21,24,26). The fourth-order valence-electron chi connectivity index (χ4n) is 3.28. The first-order chi connectivity index (χ1) is 13.6. The number of benzene rings is 1. The van der Waals surface area contributed by atoms with Crippen molar-refractivity contribution in [3.8, 4) is 5.69 Å². The molecular weight excluding hydrogens is 396 g/mol. The summed E-state index contributed by atoms with van der Waals surface area (Å²) in [5.41, 5.74) is 1.72. The van der Waals surface area contributed by atoms with Gasteiger partial charge in [0.15, 0.2) is 5.16 Å². The highest BCUT2D eigenvalue weighted by Gasteiger charge is 2.24. The third-order valence-electron chi connectivity index (χ3n) is 4.53. The van der Waals surface area contributed by atoms with Crippen LogP contribution in [0.25, 0.3) is 15.9 Å². The molecule has 2 N–H and O–H groups in total. The van der Waals surface area contributed by atoms with Crippen LogP contribution in [0.5, 0.6) is 0 Å². The SMILES string of the molecule is CNC(=O)NC(=O)CSc1nc2sc3c(c2c(=O)n1-c1ccccc1)CCC3. The first-order valence-corrected chi connectivity index (χ1v) is 10.7. The lowest BCUT2D eigenvalue weighted by molar-refractivity contribution is -0.117. The van der Waals surface area contributed by atoms with Crippen molar-refractivity contribution in [3.05, 3.63) is 51.1 Å². The minimum absolute atomic E-state index is 0.0245. The van der Waals surface area contributed by atoms with Crippen molar-refractivity contribution in [2.24, 2.45) is 0 Å². The Morgan fingerprint density at radius 1 is 1.25 bits per heavy atom. The highest BCUT2D eigenvalue weighted by atomic mass is 32.2. The van der Waals surface area contributed by atoms with Gasteiger partial charge in [-0.15, -0.1) is 11.3 Å². The Kier molecular flexibility index (Phi) is 5.19. The van der Waals surface area contributed by atoms with Crippen molar-refractivity contribution in [1.29, 1.82) is 0 Å². The quantitative estimate of drug-likeness (QED) is 0.505. The first-order valence-electron chi connectivity index (χ1n) is 8.85. The molecule has 0 bridgehead atoms. The lowest BCUT2D eigenvalue weighted by Crippen LogP contribution is -2.38. The number of carbonyl (C=O) groups is 2. The Bertz CT molecular complexity index is 1120. The zero-order chi connectivity index (χ0) is 19.7. The van der Waals surface area contributed by atoms with Gasteiger partial charge < -0.3 is 5.32 Å². The van der Waals surface area contributed by atoms with Gasteiger partial charge in [0, 0.05) is 11.9 Å². The summed E-state index contributed by atoms with van der Waals surface area (Å²) < 4.78 is 1.56. The molecule has 0 unspecified atom stereocenters. The molecule has 0 radical (unpaired) electrons. The number of carbonyl (C=O) groups excluding carboxylic acids is 2. The molecule has 0 fully saturated rings. The molecule has 4 rings (SSSR count). The molecule has 1 aliphatic carbocycles. The number of nitrogens with zero attached hydrogens (tertiary/aromatic N) is 2. The summed E-state index contributed by atoms with van der Waals surface area (Å²) in [4.78, 5) is 43.4. The van der Waals surface area contributed by atoms with E-state index in [1.54, 1.807) is 15.9 Å². The van der Waals surface area contributed by atoms with Crippen molar-refractivity contribution in [3.63, 3.8) is 0 Å². The Balaban J connectivity index is 1.77. The number of aryl methyl sites for hydroxylation is 2. The Labute approximate surface area is 169 Å². The maximum Gasteiger partial charge on any atom is 0.321 e. The first kappa shape index (κ1) is 18.7. The Morgan fingerprint density at radius 3 is 2.79 bits per heavy atom. The van der Waals surface area contributed by atoms with Crippen LogP contribution in [0, 0.1) is 0 Å². The second-order valence-electron chi connectivity index (χ2n) is 6.32. The van der Waals surface area contributed by atoms with Gasteiger partial charge >= 0.3 is 6.03 Å². The largest absolute Gasteiger partial charge is 0.341 e. The lowest BCUT2D eigenvalue weighted by atomic mass is 10.2. The number of fused-ring (bicyclic) bond motifs is 3. The number of aromatic nitrogens is 2. The molecule has 144 valence electrons. The summed E-state index contributed by atoms with van der Waals surface area (Å²) in [6.45, 7) is 0. The molecule has 2 heterocycles. The number of thiophene rings is 1. The molecule has 7 nitrogen and oxygen atoms in total. The minimum atomic E-state index is -0.566. The van der Waals surface area contributed by atoms with Crippen LogP contribution < -0.4 is 16.2 Å². The average molecular weight is 415 g/mol. The lowest BCUT2D eigenvalue weighted by Gasteiger charge is -2.12. The molecule has 0 atom stereocenters. The summed E-state index contributed by atoms with van der Waals surface area (Å²) >= 11 is 2.70. The van der Waals surface area contributed by atoms with Crippen molar-refractivity contribution in [2.75, 3.05) is 12.8 Å². The molecule has 28 heavy (non-hydrogen) atoms. The number of hydrogen-bond donors (Lipinski definition) is 2. The van der Waals surface area contributed by atoms with Gasteiger partial charge in [-0.05, 0) is 37.0 Å². The van der Waals surface area contributed by atoms with E-state index in [0.717, 1.165) is 41.4 Å². The highest BCUT2D eigenvalue weighted by Crippen LogP contribution is 2.36. The van der Waals surface area contributed by atoms with E-state index in [1.807, 2.05) is 30.3 Å². The minimum Gasteiger partial charge on any atom is -0.341 e. The third-order valence-corrected chi connectivity index (χ3v) is 6.66. The van der Waals surface area contributed by atoms with Gasteiger partial charge in [-0.25, -0.2) is 9.78 Å². The number of amides is 3. The zero-order valence-corrected chi connectivity index (χ0v) is 16.8. The molecule has 0 saturated carbocycles. The average Bonchev–Trinajstić information content (AvgIpc) is 3.27. The molecular formula is C19H18N4O3S2. The van der Waals surface area contributed by atoms with Crippen LogP contribution in [0.1, 0.15) is 16.9 Å². The topological polar surface area (TPSA) is 93.1 Å². The Hall–Kier alpha value is -2.65. The van der Waals surface area contributed by atoms with E-state index < -0.39 is 11.9 Å². The van der Waals surface area contributed by atoms with Gasteiger partial charge in [0.25, 0.3) is 5.56 Å². The van der Waals surface area contributed by atoms with E-state index in [0.29, 0.717) is 16.2 Å². The number of nitrogens with one attached hydrogen (secondary N) is 2. The normalized spacial score (nSPS) is 12.8. The monoisotopic (exact) mass is 414 g/mol. The van der Waals surface area contributed by atoms with Crippen LogP contribution in [0.4, 0.5) is 4.79 Å². The summed E-state index contributed by atoms with van der Waals surface area (Å²) in [6.07, 6.45) is 2.96. The van der Waals surface area contributed by atoms with E-state index in [1.165, 1.54) is 11.9 Å². The molecule has 3 aromatic rings. The fraction of sp³-hybridized carbons (Fsp3) is 0.263. The van der Waals surface area contributed by atoms with Gasteiger partial charge in [-0.3, -0.25) is 19.5 Å². The molecule has 2 aromatic heterocycles. The third kappa shape index (κ3) is 3.43. The predicted octanol–water partition coefficient (Wildman–Crippen LogP) is 2.48. The van der Waals surface area contributed by atoms with Crippen LogP contribution in [0.15, 0.2) is 40.3 Å². The van der Waals surface area contributed by atoms with Crippen LogP contribution in [-0.2, 0) is 17.6 Å². The number of rotatable bonds is 4. The van der Waals surface area contributed by atoms with Crippen LogP contribution in [0.3, 0.4) is 0 Å². The maximum atomic E-state index is 13.4. The number of urea groups is 1. The van der Waals surface area contributed by atoms with Gasteiger partial charge in [0.1, 0.15) is 4.83 Å². The summed E-state index contributed by atoms with van der Waals surface area (Å²) in [5.74, 6) is -0.476. The second kappa shape index (κ2) is 7.76. The molecule has 1 aromatic carbocycles. The zero-order valence-electron chi connectivity index (χ0n) is 15.2. The van der Waals surface area contributed by atoms with E-state index >= 15 is 0 Å². The summed E-state index contributed by atoms with van der Waals surface area (Å²) in [6, 6.07) is 8.72. The van der Waals surface area contributed by atoms with Crippen molar-refractivity contribution < 1.29 is 9.59 Å². The second-order valence-corrected chi connectivity index (χ2v) is 8.35. The van der Waals surface area contributed by atoms with E-state index in [-0.39, 0.29) is 11.3 Å². The highest BCUT2D eigenvalue weighted by molar-refractivity contribution is 7.99. The molecule has 3 amide bonds. The van der Waals surface area contributed by atoms with Gasteiger partial charge in [-0.2, -0.15) is 0 Å². The molecule has 9 heteroatoms. The number of para-hydroxylation sites is 1. The number of thioether (sulfide) groups is 1. The van der Waals surface area contributed by atoms with Gasteiger partial charge in [0.2, 0.25) is 5.91 Å². The van der Waals surface area contributed by atoms with E-state index in [9.17, 15) is 14.4 Å². The maximum absolute atomic E-state index is 13.4. The van der Waals surface area contributed by atoms with Crippen LogP contribution >= 0.6 is 23.1 Å². The molecule has 1 aliphatic rings. The predicted molar refractivity (Wildman–Crippen MR) is 111 cm³/mol. The van der Waals surface area contributed by atoms with E-state index in [2.05, 4.69) is 10.6 Å².